The van der Waals surface area contributed by atoms with Crippen molar-refractivity contribution in [3.05, 3.63) is 47.4 Å². The molecular weight excluding hydrogens is 479 g/mol. The van der Waals surface area contributed by atoms with Gasteiger partial charge in [0.15, 0.2) is 0 Å². The van der Waals surface area contributed by atoms with Gasteiger partial charge in [0.25, 0.3) is 0 Å². The van der Waals surface area contributed by atoms with Gasteiger partial charge in [-0.25, -0.2) is 17.2 Å². The summed E-state index contributed by atoms with van der Waals surface area (Å²) >= 11 is 0. The fourth-order valence-electron chi connectivity index (χ4n) is 3.94. The number of hydrogen-bond donors (Lipinski definition) is 1. The highest BCUT2D eigenvalue weighted by molar-refractivity contribution is 7.89. The van der Waals surface area contributed by atoms with Gasteiger partial charge in [-0.2, -0.15) is 23.2 Å². The van der Waals surface area contributed by atoms with Crippen molar-refractivity contribution in [1.29, 1.82) is 5.26 Å². The highest BCUT2D eigenvalue weighted by Gasteiger charge is 2.39. The van der Waals surface area contributed by atoms with Crippen molar-refractivity contribution in [2.75, 3.05) is 0 Å². The van der Waals surface area contributed by atoms with Gasteiger partial charge >= 0.3 is 6.18 Å². The van der Waals surface area contributed by atoms with E-state index in [-0.39, 0.29) is 34.3 Å². The van der Waals surface area contributed by atoms with Crippen molar-refractivity contribution in [3.63, 3.8) is 0 Å². The molecule has 1 saturated carbocycles. The van der Waals surface area contributed by atoms with Crippen LogP contribution in [0.1, 0.15) is 36.9 Å². The van der Waals surface area contributed by atoms with E-state index >= 15 is 4.39 Å². The van der Waals surface area contributed by atoms with Gasteiger partial charge in [-0.3, -0.25) is 4.98 Å². The number of fused-ring (bicyclic) bond motifs is 1. The first-order valence-corrected chi connectivity index (χ1v) is 11.8. The van der Waals surface area contributed by atoms with E-state index in [0.717, 1.165) is 12.3 Å². The number of nitriles is 1. The minimum atomic E-state index is -4.78. The standard InChI is InChI=1S/C22H19F5N4O2S/c1-11-3-5-14-15(9-28)20(31(21(14)19(11)24)18-8-6-16(18)23)17-7-4-13(10-29-17)34(32,33)30-12(2)22(25,26)27/h3-5,7,10,12,16,18,30H,6,8H2,1-2H3/t12-,16?,18?/m0/s1. The van der Waals surface area contributed by atoms with E-state index in [9.17, 15) is 31.2 Å². The van der Waals surface area contributed by atoms with Crippen molar-refractivity contribution in [2.45, 2.75) is 56.0 Å². The molecule has 0 saturated heterocycles. The number of benzene rings is 1. The first-order valence-electron chi connectivity index (χ1n) is 10.3. The zero-order chi connectivity index (χ0) is 25.0. The molecule has 1 N–H and O–H groups in total. The van der Waals surface area contributed by atoms with Crippen LogP contribution >= 0.6 is 0 Å². The number of rotatable bonds is 5. The van der Waals surface area contributed by atoms with Gasteiger partial charge in [0.2, 0.25) is 10.0 Å². The highest BCUT2D eigenvalue weighted by atomic mass is 32.2. The van der Waals surface area contributed by atoms with E-state index in [1.165, 1.54) is 21.4 Å². The molecular formula is C22H19F5N4O2S. The maximum absolute atomic E-state index is 15.1. The molecule has 6 nitrogen and oxygen atoms in total. The summed E-state index contributed by atoms with van der Waals surface area (Å²) in [7, 11) is -4.55. The molecule has 0 aliphatic heterocycles. The number of nitrogens with one attached hydrogen (secondary N) is 1. The Labute approximate surface area is 192 Å². The molecule has 1 fully saturated rings. The van der Waals surface area contributed by atoms with Gasteiger partial charge < -0.3 is 4.57 Å². The van der Waals surface area contributed by atoms with Gasteiger partial charge in [-0.15, -0.1) is 0 Å². The third kappa shape index (κ3) is 3.92. The number of aryl methyl sites for hydroxylation is 1. The summed E-state index contributed by atoms with van der Waals surface area (Å²) in [6, 6.07) is 4.23. The molecule has 0 bridgehead atoms. The summed E-state index contributed by atoms with van der Waals surface area (Å²) in [5.74, 6) is -0.608. The van der Waals surface area contributed by atoms with Gasteiger partial charge in [0.1, 0.15) is 29.0 Å². The average molecular weight is 498 g/mol. The monoisotopic (exact) mass is 498 g/mol. The molecule has 2 unspecified atom stereocenters. The van der Waals surface area contributed by atoms with Crippen LogP contribution in [0.5, 0.6) is 0 Å². The van der Waals surface area contributed by atoms with Crippen molar-refractivity contribution in [1.82, 2.24) is 14.3 Å². The molecule has 3 atom stereocenters. The molecule has 180 valence electrons. The van der Waals surface area contributed by atoms with E-state index in [1.807, 2.05) is 6.07 Å². The second-order valence-electron chi connectivity index (χ2n) is 8.22. The fourth-order valence-corrected chi connectivity index (χ4v) is 5.11. The smallest absolute Gasteiger partial charge is 0.330 e. The summed E-state index contributed by atoms with van der Waals surface area (Å²) in [5, 5.41) is 10.1. The van der Waals surface area contributed by atoms with Gasteiger partial charge in [0, 0.05) is 11.6 Å². The SMILES string of the molecule is Cc1ccc2c(C#N)c(-c3ccc(S(=O)(=O)N[C@@H](C)C(F)(F)F)cn3)n(C3CCC3F)c2c1F. The van der Waals surface area contributed by atoms with Gasteiger partial charge in [0.05, 0.1) is 28.5 Å². The molecule has 34 heavy (non-hydrogen) atoms. The van der Waals surface area contributed by atoms with Crippen LogP contribution in [0.2, 0.25) is 0 Å². The summed E-state index contributed by atoms with van der Waals surface area (Å²) in [5.41, 5.74) is 0.580. The maximum Gasteiger partial charge on any atom is 0.404 e. The first-order chi connectivity index (χ1) is 15.9. The van der Waals surface area contributed by atoms with Crippen LogP contribution in [0.4, 0.5) is 22.0 Å². The number of halogens is 5. The van der Waals surface area contributed by atoms with Gasteiger partial charge in [-0.05, 0) is 44.4 Å². The predicted octanol–water partition coefficient (Wildman–Crippen LogP) is 4.92. The molecule has 0 radical (unpaired) electrons. The Morgan fingerprint density at radius 3 is 2.44 bits per heavy atom. The fraction of sp³-hybridized carbons (Fsp3) is 0.364. The number of pyridine rings is 1. The largest absolute Gasteiger partial charge is 0.404 e. The molecule has 1 aliphatic rings. The quantitative estimate of drug-likeness (QED) is 0.506. The first kappa shape index (κ1) is 24.1. The van der Waals surface area contributed by atoms with E-state index in [1.54, 1.807) is 13.0 Å². The molecule has 4 rings (SSSR count). The summed E-state index contributed by atoms with van der Waals surface area (Å²) in [6.07, 6.45) is -4.53. The van der Waals surface area contributed by atoms with Crippen LogP contribution in [0.15, 0.2) is 35.4 Å². The van der Waals surface area contributed by atoms with E-state index in [4.69, 9.17) is 0 Å². The van der Waals surface area contributed by atoms with E-state index < -0.39 is 45.2 Å². The number of sulfonamides is 1. The second kappa shape index (κ2) is 8.32. The Morgan fingerprint density at radius 1 is 1.24 bits per heavy atom. The lowest BCUT2D eigenvalue weighted by molar-refractivity contribution is -0.147. The molecule has 2 heterocycles. The Hall–Kier alpha value is -3.04. The molecule has 1 aliphatic carbocycles. The Morgan fingerprint density at radius 2 is 1.94 bits per heavy atom. The third-order valence-corrected chi connectivity index (χ3v) is 7.53. The normalized spacial score (nSPS) is 19.6. The number of hydrogen-bond acceptors (Lipinski definition) is 4. The molecule has 0 spiro atoms. The molecule has 12 heteroatoms. The molecule has 3 aromatic rings. The highest BCUT2D eigenvalue weighted by Crippen LogP contribution is 2.44. The van der Waals surface area contributed by atoms with Crippen LogP contribution in [0.25, 0.3) is 22.3 Å². The molecule has 2 aromatic heterocycles. The summed E-state index contributed by atoms with van der Waals surface area (Å²) < 4.78 is 95.6. The van der Waals surface area contributed by atoms with Crippen LogP contribution in [-0.4, -0.2) is 36.4 Å². The summed E-state index contributed by atoms with van der Waals surface area (Å²) in [4.78, 5) is 3.52. The third-order valence-electron chi connectivity index (χ3n) is 6.01. The van der Waals surface area contributed by atoms with Crippen LogP contribution in [0.3, 0.4) is 0 Å². The predicted molar refractivity (Wildman–Crippen MR) is 114 cm³/mol. The topological polar surface area (TPSA) is 87.8 Å². The number of nitrogens with zero attached hydrogens (tertiary/aromatic N) is 3. The van der Waals surface area contributed by atoms with E-state index in [2.05, 4.69) is 4.98 Å². The molecule has 0 amide bonds. The number of alkyl halides is 4. The minimum absolute atomic E-state index is 0.0416. The Bertz CT molecular complexity index is 1410. The lowest BCUT2D eigenvalue weighted by Gasteiger charge is -2.34. The second-order valence-corrected chi connectivity index (χ2v) is 9.94. The number of aromatic nitrogens is 2. The zero-order valence-electron chi connectivity index (χ0n) is 18.0. The van der Waals surface area contributed by atoms with Crippen molar-refractivity contribution >= 4 is 20.9 Å². The Balaban J connectivity index is 1.86. The maximum atomic E-state index is 15.1. The van der Waals surface area contributed by atoms with E-state index in [0.29, 0.717) is 18.9 Å². The van der Waals surface area contributed by atoms with Crippen LogP contribution in [-0.2, 0) is 10.0 Å². The van der Waals surface area contributed by atoms with Crippen molar-refractivity contribution < 1.29 is 30.4 Å². The Kier molecular flexibility index (Phi) is 5.90. The lowest BCUT2D eigenvalue weighted by atomic mass is 9.89. The van der Waals surface area contributed by atoms with Crippen molar-refractivity contribution in [3.8, 4) is 17.5 Å². The van der Waals surface area contributed by atoms with Crippen LogP contribution < -0.4 is 4.72 Å². The summed E-state index contributed by atoms with van der Waals surface area (Å²) in [6.45, 7) is 2.21. The average Bonchev–Trinajstić information content (AvgIpc) is 3.08. The van der Waals surface area contributed by atoms with Crippen LogP contribution in [0, 0.1) is 24.1 Å². The zero-order valence-corrected chi connectivity index (χ0v) is 18.8. The van der Waals surface area contributed by atoms with Crippen molar-refractivity contribution in [2.24, 2.45) is 0 Å². The minimum Gasteiger partial charge on any atom is -0.330 e. The molecule has 1 aromatic carbocycles. The lowest BCUT2D eigenvalue weighted by Crippen LogP contribution is -2.42. The van der Waals surface area contributed by atoms with Gasteiger partial charge in [-0.1, -0.05) is 12.1 Å².